The van der Waals surface area contributed by atoms with E-state index in [0.717, 1.165) is 26.2 Å². The smallest absolute Gasteiger partial charge is 0.321 e. The van der Waals surface area contributed by atoms with Crippen LogP contribution in [0.25, 0.3) is 0 Å². The average molecular weight is 384 g/mol. The largest absolute Gasteiger partial charge is 0.372 e. The molecule has 0 spiro atoms. The summed E-state index contributed by atoms with van der Waals surface area (Å²) in [4.78, 5) is 18.9. The fourth-order valence-corrected chi connectivity index (χ4v) is 3.67. The molecule has 1 saturated heterocycles. The lowest BCUT2D eigenvalue weighted by molar-refractivity contribution is 0.208. The molecule has 0 bridgehead atoms. The van der Waals surface area contributed by atoms with Crippen LogP contribution in [0.3, 0.4) is 0 Å². The van der Waals surface area contributed by atoms with Gasteiger partial charge in [0, 0.05) is 56.3 Å². The number of hydrogen-bond donors (Lipinski definition) is 1. The summed E-state index contributed by atoms with van der Waals surface area (Å²) in [6.45, 7) is 11.4. The molecule has 0 aromatic heterocycles. The Labute approximate surface area is 166 Å². The molecular formula is C22H29FN4O. The van der Waals surface area contributed by atoms with Crippen LogP contribution in [0, 0.1) is 12.7 Å². The van der Waals surface area contributed by atoms with Gasteiger partial charge in [0.05, 0.1) is 0 Å². The van der Waals surface area contributed by atoms with Gasteiger partial charge in [-0.3, -0.25) is 0 Å². The number of anilines is 3. The Balaban J connectivity index is 1.59. The maximum Gasteiger partial charge on any atom is 0.321 e. The molecule has 28 heavy (non-hydrogen) atoms. The SMILES string of the molecule is CCN(CC)c1ccc(N2CCN(C(=O)Nc3ccc(F)cc3)CC2)c(C)c1. The quantitative estimate of drug-likeness (QED) is 0.834. The van der Waals surface area contributed by atoms with Gasteiger partial charge in [-0.1, -0.05) is 0 Å². The Morgan fingerprint density at radius 2 is 1.68 bits per heavy atom. The molecule has 6 heteroatoms. The highest BCUT2D eigenvalue weighted by atomic mass is 19.1. The monoisotopic (exact) mass is 384 g/mol. The molecule has 0 unspecified atom stereocenters. The van der Waals surface area contributed by atoms with E-state index in [1.165, 1.54) is 29.1 Å². The second-order valence-electron chi connectivity index (χ2n) is 7.05. The average Bonchev–Trinajstić information content (AvgIpc) is 2.71. The molecule has 1 N–H and O–H groups in total. The zero-order valence-electron chi connectivity index (χ0n) is 16.9. The van der Waals surface area contributed by atoms with Gasteiger partial charge in [0.25, 0.3) is 0 Å². The number of urea groups is 1. The number of benzene rings is 2. The summed E-state index contributed by atoms with van der Waals surface area (Å²) in [7, 11) is 0. The van der Waals surface area contributed by atoms with Crippen LogP contribution in [0.5, 0.6) is 0 Å². The highest BCUT2D eigenvalue weighted by Gasteiger charge is 2.22. The lowest BCUT2D eigenvalue weighted by atomic mass is 10.1. The molecule has 2 aromatic carbocycles. The van der Waals surface area contributed by atoms with E-state index in [0.29, 0.717) is 18.8 Å². The highest BCUT2D eigenvalue weighted by Crippen LogP contribution is 2.26. The fourth-order valence-electron chi connectivity index (χ4n) is 3.67. The number of nitrogens with zero attached hydrogens (tertiary/aromatic N) is 3. The van der Waals surface area contributed by atoms with Crippen molar-refractivity contribution in [2.45, 2.75) is 20.8 Å². The zero-order valence-corrected chi connectivity index (χ0v) is 16.9. The van der Waals surface area contributed by atoms with E-state index in [1.54, 1.807) is 17.0 Å². The molecule has 1 fully saturated rings. The number of nitrogens with one attached hydrogen (secondary N) is 1. The number of carbonyl (C=O) groups excluding carboxylic acids is 1. The first-order valence-corrected chi connectivity index (χ1v) is 9.93. The number of rotatable bonds is 5. The minimum atomic E-state index is -0.311. The number of carbonyl (C=O) groups is 1. The number of amides is 2. The molecule has 1 heterocycles. The van der Waals surface area contributed by atoms with Crippen molar-refractivity contribution in [2.75, 3.05) is 54.4 Å². The van der Waals surface area contributed by atoms with Crippen molar-refractivity contribution >= 4 is 23.1 Å². The summed E-state index contributed by atoms with van der Waals surface area (Å²) in [6, 6.07) is 12.3. The van der Waals surface area contributed by atoms with E-state index >= 15 is 0 Å². The first kappa shape index (κ1) is 20.0. The fraction of sp³-hybridized carbons (Fsp3) is 0.409. The van der Waals surface area contributed by atoms with Crippen molar-refractivity contribution in [3.05, 3.63) is 53.8 Å². The maximum atomic E-state index is 13.0. The van der Waals surface area contributed by atoms with Gasteiger partial charge < -0.3 is 20.0 Å². The predicted octanol–water partition coefficient (Wildman–Crippen LogP) is 4.33. The molecule has 1 aliphatic rings. The van der Waals surface area contributed by atoms with E-state index in [-0.39, 0.29) is 11.8 Å². The zero-order chi connectivity index (χ0) is 20.1. The lowest BCUT2D eigenvalue weighted by Gasteiger charge is -2.37. The van der Waals surface area contributed by atoms with E-state index in [4.69, 9.17) is 0 Å². The van der Waals surface area contributed by atoms with Crippen LogP contribution in [-0.2, 0) is 0 Å². The molecular weight excluding hydrogens is 355 g/mol. The summed E-state index contributed by atoms with van der Waals surface area (Å²) in [6.07, 6.45) is 0. The van der Waals surface area contributed by atoms with Crippen LogP contribution >= 0.6 is 0 Å². The Morgan fingerprint density at radius 3 is 2.25 bits per heavy atom. The van der Waals surface area contributed by atoms with Crippen molar-refractivity contribution < 1.29 is 9.18 Å². The molecule has 3 rings (SSSR count). The Hall–Kier alpha value is -2.76. The second-order valence-corrected chi connectivity index (χ2v) is 7.05. The first-order valence-electron chi connectivity index (χ1n) is 9.93. The third-order valence-electron chi connectivity index (χ3n) is 5.31. The molecule has 2 amide bonds. The van der Waals surface area contributed by atoms with Gasteiger partial charge in [-0.2, -0.15) is 0 Å². The van der Waals surface area contributed by atoms with Crippen LogP contribution < -0.4 is 15.1 Å². The Bertz CT molecular complexity index is 797. The molecule has 0 aliphatic carbocycles. The summed E-state index contributed by atoms with van der Waals surface area (Å²) in [5.74, 6) is -0.311. The number of piperazine rings is 1. The topological polar surface area (TPSA) is 38.8 Å². The van der Waals surface area contributed by atoms with Gasteiger partial charge >= 0.3 is 6.03 Å². The molecule has 0 saturated carbocycles. The van der Waals surface area contributed by atoms with Gasteiger partial charge in [0.15, 0.2) is 0 Å². The van der Waals surface area contributed by atoms with Crippen molar-refractivity contribution in [2.24, 2.45) is 0 Å². The third-order valence-corrected chi connectivity index (χ3v) is 5.31. The summed E-state index contributed by atoms with van der Waals surface area (Å²) in [5, 5.41) is 2.83. The molecule has 0 atom stereocenters. The predicted molar refractivity (Wildman–Crippen MR) is 114 cm³/mol. The summed E-state index contributed by atoms with van der Waals surface area (Å²) >= 11 is 0. The normalized spacial score (nSPS) is 14.1. The van der Waals surface area contributed by atoms with Crippen LogP contribution in [0.15, 0.2) is 42.5 Å². The van der Waals surface area contributed by atoms with Crippen molar-refractivity contribution in [3.63, 3.8) is 0 Å². The van der Waals surface area contributed by atoms with Gasteiger partial charge in [-0.25, -0.2) is 9.18 Å². The summed E-state index contributed by atoms with van der Waals surface area (Å²) < 4.78 is 13.0. The summed E-state index contributed by atoms with van der Waals surface area (Å²) in [5.41, 5.74) is 4.35. The van der Waals surface area contributed by atoms with Crippen LogP contribution in [0.1, 0.15) is 19.4 Å². The minimum Gasteiger partial charge on any atom is -0.372 e. The number of hydrogen-bond acceptors (Lipinski definition) is 3. The van der Waals surface area contributed by atoms with Gasteiger partial charge in [0.2, 0.25) is 0 Å². The number of halogens is 1. The van der Waals surface area contributed by atoms with Crippen LogP contribution in [-0.4, -0.2) is 50.2 Å². The minimum absolute atomic E-state index is 0.139. The van der Waals surface area contributed by atoms with Crippen molar-refractivity contribution in [3.8, 4) is 0 Å². The van der Waals surface area contributed by atoms with E-state index in [9.17, 15) is 9.18 Å². The van der Waals surface area contributed by atoms with Crippen molar-refractivity contribution in [1.82, 2.24) is 4.90 Å². The van der Waals surface area contributed by atoms with Gasteiger partial charge in [0.1, 0.15) is 5.82 Å². The van der Waals surface area contributed by atoms with E-state index in [1.807, 2.05) is 0 Å². The standard InChI is InChI=1S/C22H29FN4O/c1-4-25(5-2)20-10-11-21(17(3)16-20)26-12-14-27(15-13-26)22(28)24-19-8-6-18(23)7-9-19/h6-11,16H,4-5,12-15H2,1-3H3,(H,24,28). The maximum absolute atomic E-state index is 13.0. The van der Waals surface area contributed by atoms with Gasteiger partial charge in [-0.05, 0) is 68.8 Å². The van der Waals surface area contributed by atoms with E-state index in [2.05, 4.69) is 54.1 Å². The number of aryl methyl sites for hydroxylation is 1. The molecule has 0 radical (unpaired) electrons. The molecule has 5 nitrogen and oxygen atoms in total. The van der Waals surface area contributed by atoms with Gasteiger partial charge in [-0.15, -0.1) is 0 Å². The molecule has 150 valence electrons. The highest BCUT2D eigenvalue weighted by molar-refractivity contribution is 5.89. The third kappa shape index (κ3) is 4.55. The first-order chi connectivity index (χ1) is 13.5. The Morgan fingerprint density at radius 1 is 1.04 bits per heavy atom. The van der Waals surface area contributed by atoms with Crippen LogP contribution in [0.2, 0.25) is 0 Å². The van der Waals surface area contributed by atoms with Crippen LogP contribution in [0.4, 0.5) is 26.2 Å². The molecule has 1 aliphatic heterocycles. The molecule has 2 aromatic rings. The lowest BCUT2D eigenvalue weighted by Crippen LogP contribution is -2.50. The van der Waals surface area contributed by atoms with Crippen molar-refractivity contribution in [1.29, 1.82) is 0 Å². The Kier molecular flexibility index (Phi) is 6.39. The van der Waals surface area contributed by atoms with E-state index < -0.39 is 0 Å². The second kappa shape index (κ2) is 8.95.